The van der Waals surface area contributed by atoms with Crippen molar-refractivity contribution in [1.82, 2.24) is 19.7 Å². The molecule has 158 valence electrons. The molecule has 0 bridgehead atoms. The second-order valence-corrected chi connectivity index (χ2v) is 7.72. The largest absolute Gasteiger partial charge is 0.416 e. The molecule has 0 unspecified atom stereocenters. The monoisotopic (exact) mass is 442 g/mol. The molecule has 0 aliphatic heterocycles. The van der Waals surface area contributed by atoms with Crippen molar-refractivity contribution < 1.29 is 18.0 Å². The van der Waals surface area contributed by atoms with Crippen LogP contribution < -0.4 is 0 Å². The van der Waals surface area contributed by atoms with E-state index < -0.39 is 17.6 Å². The molecule has 0 aliphatic carbocycles. The smallest absolute Gasteiger partial charge is 0.336 e. The molecule has 2 aromatic carbocycles. The van der Waals surface area contributed by atoms with E-state index in [0.29, 0.717) is 5.01 Å². The molecule has 0 saturated carbocycles. The Labute approximate surface area is 180 Å². The average molecular weight is 442 g/mol. The second-order valence-electron chi connectivity index (χ2n) is 6.86. The topological polar surface area (TPSA) is 51.0 Å². The van der Waals surface area contributed by atoms with Crippen molar-refractivity contribution >= 4 is 17.2 Å². The summed E-state index contributed by atoms with van der Waals surface area (Å²) in [5, 5.41) is 6.53. The highest BCUT2D eigenvalue weighted by molar-refractivity contribution is 7.13. The van der Waals surface area contributed by atoms with E-state index in [1.807, 2.05) is 36.5 Å². The van der Waals surface area contributed by atoms with E-state index in [2.05, 4.69) is 10.1 Å². The van der Waals surface area contributed by atoms with Crippen LogP contribution in [0.1, 0.15) is 21.6 Å². The van der Waals surface area contributed by atoms with Gasteiger partial charge < -0.3 is 4.90 Å². The molecule has 0 aliphatic rings. The normalized spacial score (nSPS) is 11.5. The van der Waals surface area contributed by atoms with E-state index in [4.69, 9.17) is 0 Å². The first kappa shape index (κ1) is 20.8. The Hall–Kier alpha value is -3.46. The highest BCUT2D eigenvalue weighted by Crippen LogP contribution is 2.32. The van der Waals surface area contributed by atoms with Gasteiger partial charge in [0.1, 0.15) is 10.7 Å². The molecule has 0 saturated heterocycles. The first-order chi connectivity index (χ1) is 14.8. The van der Waals surface area contributed by atoms with Gasteiger partial charge in [0.15, 0.2) is 0 Å². The number of para-hydroxylation sites is 1. The predicted molar refractivity (Wildman–Crippen MR) is 112 cm³/mol. The van der Waals surface area contributed by atoms with Crippen molar-refractivity contribution in [2.45, 2.75) is 12.7 Å². The Morgan fingerprint density at radius 1 is 1.10 bits per heavy atom. The zero-order chi connectivity index (χ0) is 22.0. The van der Waals surface area contributed by atoms with Gasteiger partial charge in [0.2, 0.25) is 0 Å². The fourth-order valence-electron chi connectivity index (χ4n) is 3.12. The van der Waals surface area contributed by atoms with E-state index in [9.17, 15) is 18.0 Å². The number of alkyl halides is 3. The molecule has 0 atom stereocenters. The number of hydrogen-bond acceptors (Lipinski definition) is 4. The molecule has 4 aromatic rings. The standard InChI is InChI=1S/C22H17F3N4OS/c1-28(12-15-7-5-6-10-18(15)22(23,24)25)21(30)19-14-31-20(27-19)16-11-26-29(13-16)17-8-3-2-4-9-17/h2-11,13-14H,12H2,1H3. The highest BCUT2D eigenvalue weighted by Gasteiger charge is 2.33. The number of amides is 1. The summed E-state index contributed by atoms with van der Waals surface area (Å²) in [7, 11) is 1.46. The molecule has 5 nitrogen and oxygen atoms in total. The minimum absolute atomic E-state index is 0.0328. The summed E-state index contributed by atoms with van der Waals surface area (Å²) in [6.07, 6.45) is -1.01. The molecular formula is C22H17F3N4OS. The first-order valence-corrected chi connectivity index (χ1v) is 10.2. The minimum atomic E-state index is -4.48. The van der Waals surface area contributed by atoms with Crippen LogP contribution in [-0.4, -0.2) is 32.6 Å². The fourth-order valence-corrected chi connectivity index (χ4v) is 3.89. The summed E-state index contributed by atoms with van der Waals surface area (Å²) < 4.78 is 41.4. The lowest BCUT2D eigenvalue weighted by atomic mass is 10.1. The van der Waals surface area contributed by atoms with Crippen molar-refractivity contribution in [3.05, 3.63) is 89.2 Å². The number of hydrogen-bond donors (Lipinski definition) is 0. The summed E-state index contributed by atoms with van der Waals surface area (Å²) in [5.74, 6) is -0.449. The van der Waals surface area contributed by atoms with Crippen LogP contribution in [0.2, 0.25) is 0 Å². The Balaban J connectivity index is 1.51. The van der Waals surface area contributed by atoms with Crippen LogP contribution >= 0.6 is 11.3 Å². The van der Waals surface area contributed by atoms with Gasteiger partial charge in [0.05, 0.1) is 17.4 Å². The Bertz CT molecular complexity index is 1200. The van der Waals surface area contributed by atoms with E-state index in [0.717, 1.165) is 17.3 Å². The van der Waals surface area contributed by atoms with Crippen molar-refractivity contribution in [1.29, 1.82) is 0 Å². The molecule has 9 heteroatoms. The van der Waals surface area contributed by atoms with Crippen molar-refractivity contribution in [3.8, 4) is 16.3 Å². The first-order valence-electron chi connectivity index (χ1n) is 9.29. The maximum Gasteiger partial charge on any atom is 0.416 e. The van der Waals surface area contributed by atoms with Crippen LogP contribution in [0.4, 0.5) is 13.2 Å². The van der Waals surface area contributed by atoms with Gasteiger partial charge in [-0.2, -0.15) is 18.3 Å². The number of thiazole rings is 1. The number of benzene rings is 2. The zero-order valence-corrected chi connectivity index (χ0v) is 17.2. The lowest BCUT2D eigenvalue weighted by Gasteiger charge is -2.19. The summed E-state index contributed by atoms with van der Waals surface area (Å²) in [4.78, 5) is 18.4. The van der Waals surface area contributed by atoms with Crippen molar-refractivity contribution in [2.75, 3.05) is 7.05 Å². The molecule has 2 aromatic heterocycles. The van der Waals surface area contributed by atoms with Gasteiger partial charge >= 0.3 is 6.18 Å². The van der Waals surface area contributed by atoms with E-state index in [1.54, 1.807) is 16.3 Å². The van der Waals surface area contributed by atoms with Crippen molar-refractivity contribution in [2.24, 2.45) is 0 Å². The van der Waals surface area contributed by atoms with Gasteiger partial charge in [-0.15, -0.1) is 11.3 Å². The van der Waals surface area contributed by atoms with Crippen LogP contribution in [-0.2, 0) is 12.7 Å². The molecule has 0 radical (unpaired) electrons. The summed E-state index contributed by atoms with van der Waals surface area (Å²) in [6.45, 7) is -0.173. The number of rotatable bonds is 5. The Morgan fingerprint density at radius 2 is 1.81 bits per heavy atom. The minimum Gasteiger partial charge on any atom is -0.336 e. The summed E-state index contributed by atoms with van der Waals surface area (Å²) >= 11 is 1.28. The summed E-state index contributed by atoms with van der Waals surface area (Å²) in [5.41, 5.74) is 1.11. The third kappa shape index (κ3) is 4.51. The van der Waals surface area contributed by atoms with Crippen LogP contribution in [0.5, 0.6) is 0 Å². The van der Waals surface area contributed by atoms with Gasteiger partial charge in [-0.05, 0) is 23.8 Å². The third-order valence-electron chi connectivity index (χ3n) is 4.65. The lowest BCUT2D eigenvalue weighted by molar-refractivity contribution is -0.138. The summed E-state index contributed by atoms with van der Waals surface area (Å²) in [6, 6.07) is 14.8. The highest BCUT2D eigenvalue weighted by atomic mass is 32.1. The fraction of sp³-hybridized carbons (Fsp3) is 0.136. The average Bonchev–Trinajstić information content (AvgIpc) is 3.43. The van der Waals surface area contributed by atoms with Crippen LogP contribution in [0.3, 0.4) is 0 Å². The van der Waals surface area contributed by atoms with Crippen LogP contribution in [0, 0.1) is 0 Å². The van der Waals surface area contributed by atoms with Crippen LogP contribution in [0.25, 0.3) is 16.3 Å². The maximum atomic E-state index is 13.2. The third-order valence-corrected chi connectivity index (χ3v) is 5.54. The van der Waals surface area contributed by atoms with E-state index in [1.165, 1.54) is 41.5 Å². The maximum absolute atomic E-state index is 13.2. The van der Waals surface area contributed by atoms with Gasteiger partial charge in [0, 0.05) is 30.7 Å². The molecule has 0 N–H and O–H groups in total. The predicted octanol–water partition coefficient (Wildman–Crippen LogP) is 5.29. The molecule has 0 spiro atoms. The SMILES string of the molecule is CN(Cc1ccccc1C(F)(F)F)C(=O)c1csc(-c2cnn(-c3ccccc3)c2)n1. The van der Waals surface area contributed by atoms with E-state index in [-0.39, 0.29) is 17.8 Å². The quantitative estimate of drug-likeness (QED) is 0.422. The van der Waals surface area contributed by atoms with Gasteiger partial charge in [-0.3, -0.25) is 4.79 Å². The Morgan fingerprint density at radius 3 is 2.55 bits per heavy atom. The number of carbonyl (C=O) groups excluding carboxylic acids is 1. The van der Waals surface area contributed by atoms with Crippen LogP contribution in [0.15, 0.2) is 72.4 Å². The molecule has 4 rings (SSSR count). The lowest BCUT2D eigenvalue weighted by Crippen LogP contribution is -2.27. The molecule has 31 heavy (non-hydrogen) atoms. The van der Waals surface area contributed by atoms with Gasteiger partial charge in [0.25, 0.3) is 5.91 Å². The number of halogens is 3. The molecule has 0 fully saturated rings. The van der Waals surface area contributed by atoms with E-state index >= 15 is 0 Å². The molecular weight excluding hydrogens is 425 g/mol. The molecule has 1 amide bonds. The molecule has 2 heterocycles. The van der Waals surface area contributed by atoms with Gasteiger partial charge in [-0.1, -0.05) is 36.4 Å². The second kappa shape index (κ2) is 8.35. The zero-order valence-electron chi connectivity index (χ0n) is 16.4. The van der Waals surface area contributed by atoms with Gasteiger partial charge in [-0.25, -0.2) is 9.67 Å². The Kier molecular flexibility index (Phi) is 5.60. The number of nitrogens with zero attached hydrogens (tertiary/aromatic N) is 4. The number of carbonyl (C=O) groups is 1. The van der Waals surface area contributed by atoms with Crippen molar-refractivity contribution in [3.63, 3.8) is 0 Å². The number of aromatic nitrogens is 3.